The van der Waals surface area contributed by atoms with Gasteiger partial charge >= 0.3 is 0 Å². The molecule has 0 unspecified atom stereocenters. The molecule has 0 fully saturated rings. The van der Waals surface area contributed by atoms with Crippen LogP contribution in [0, 0.1) is 5.92 Å². The standard InChI is InChI=1S/C10H14Cl2N2/c1-5(2)9(13)6-3-7(11)10(14)8(12)4-6/h3-5,9H,13-14H2,1-2H3/t9-/m1/s1. The van der Waals surface area contributed by atoms with Crippen molar-refractivity contribution >= 4 is 28.9 Å². The molecule has 4 heteroatoms. The van der Waals surface area contributed by atoms with Gasteiger partial charge in [-0.2, -0.15) is 0 Å². The first-order valence-corrected chi connectivity index (χ1v) is 5.19. The largest absolute Gasteiger partial charge is 0.396 e. The SMILES string of the molecule is CC(C)[C@@H](N)c1cc(Cl)c(N)c(Cl)c1. The summed E-state index contributed by atoms with van der Waals surface area (Å²) in [5.74, 6) is 0.339. The van der Waals surface area contributed by atoms with Crippen LogP contribution in [0.2, 0.25) is 10.0 Å². The minimum absolute atomic E-state index is 0.0643. The molecule has 0 heterocycles. The van der Waals surface area contributed by atoms with E-state index in [-0.39, 0.29) is 6.04 Å². The highest BCUT2D eigenvalue weighted by molar-refractivity contribution is 6.38. The summed E-state index contributed by atoms with van der Waals surface area (Å²) in [6.45, 7) is 4.09. The number of hydrogen-bond donors (Lipinski definition) is 2. The van der Waals surface area contributed by atoms with Crippen molar-refractivity contribution in [1.82, 2.24) is 0 Å². The van der Waals surface area contributed by atoms with Gasteiger partial charge < -0.3 is 11.5 Å². The van der Waals surface area contributed by atoms with Crippen molar-refractivity contribution in [3.8, 4) is 0 Å². The van der Waals surface area contributed by atoms with Crippen LogP contribution in [0.15, 0.2) is 12.1 Å². The van der Waals surface area contributed by atoms with E-state index < -0.39 is 0 Å². The maximum absolute atomic E-state index is 5.97. The maximum Gasteiger partial charge on any atom is 0.0693 e. The van der Waals surface area contributed by atoms with Crippen LogP contribution >= 0.6 is 23.2 Å². The van der Waals surface area contributed by atoms with Gasteiger partial charge in [0, 0.05) is 6.04 Å². The Balaban J connectivity index is 3.12. The van der Waals surface area contributed by atoms with Crippen LogP contribution in [0.4, 0.5) is 5.69 Å². The van der Waals surface area contributed by atoms with E-state index in [1.54, 1.807) is 12.1 Å². The van der Waals surface area contributed by atoms with Gasteiger partial charge in [-0.05, 0) is 23.6 Å². The van der Waals surface area contributed by atoms with Gasteiger partial charge in [-0.25, -0.2) is 0 Å². The van der Waals surface area contributed by atoms with Gasteiger partial charge in [0.15, 0.2) is 0 Å². The fourth-order valence-electron chi connectivity index (χ4n) is 1.18. The number of halogens is 2. The second kappa shape index (κ2) is 4.39. The molecule has 1 aromatic carbocycles. The molecular weight excluding hydrogens is 219 g/mol. The van der Waals surface area contributed by atoms with E-state index in [4.69, 9.17) is 34.7 Å². The quantitative estimate of drug-likeness (QED) is 0.770. The first-order chi connectivity index (χ1) is 6.43. The average Bonchev–Trinajstić information content (AvgIpc) is 2.12. The highest BCUT2D eigenvalue weighted by Crippen LogP contribution is 2.32. The highest BCUT2D eigenvalue weighted by atomic mass is 35.5. The molecule has 0 aromatic heterocycles. The summed E-state index contributed by atoms with van der Waals surface area (Å²) in [5.41, 5.74) is 12.9. The van der Waals surface area contributed by atoms with E-state index in [1.807, 2.05) is 13.8 Å². The van der Waals surface area contributed by atoms with E-state index >= 15 is 0 Å². The lowest BCUT2D eigenvalue weighted by Gasteiger charge is -2.17. The minimum atomic E-state index is -0.0643. The van der Waals surface area contributed by atoms with E-state index in [2.05, 4.69) is 0 Å². The molecule has 0 bridgehead atoms. The van der Waals surface area contributed by atoms with E-state index in [0.717, 1.165) is 5.56 Å². The molecule has 1 atom stereocenters. The second-order valence-corrected chi connectivity index (χ2v) is 4.48. The molecule has 0 aliphatic heterocycles. The van der Waals surface area contributed by atoms with E-state index in [0.29, 0.717) is 21.7 Å². The normalized spacial score (nSPS) is 13.3. The van der Waals surface area contributed by atoms with Crippen LogP contribution in [0.5, 0.6) is 0 Å². The predicted molar refractivity (Wildman–Crippen MR) is 62.6 cm³/mol. The summed E-state index contributed by atoms with van der Waals surface area (Å²) >= 11 is 11.8. The number of nitrogens with two attached hydrogens (primary N) is 2. The van der Waals surface area contributed by atoms with Crippen LogP contribution in [0.1, 0.15) is 25.5 Å². The van der Waals surface area contributed by atoms with Crippen molar-refractivity contribution in [2.75, 3.05) is 5.73 Å². The first-order valence-electron chi connectivity index (χ1n) is 4.43. The van der Waals surface area contributed by atoms with Crippen molar-refractivity contribution in [1.29, 1.82) is 0 Å². The van der Waals surface area contributed by atoms with Gasteiger partial charge in [-0.1, -0.05) is 37.0 Å². The van der Waals surface area contributed by atoms with Crippen molar-refractivity contribution < 1.29 is 0 Å². The number of rotatable bonds is 2. The first kappa shape index (κ1) is 11.6. The molecule has 0 aliphatic rings. The summed E-state index contributed by atoms with van der Waals surface area (Å²) in [6, 6.07) is 3.48. The van der Waals surface area contributed by atoms with Gasteiger partial charge in [0.25, 0.3) is 0 Å². The monoisotopic (exact) mass is 232 g/mol. The van der Waals surface area contributed by atoms with Crippen molar-refractivity contribution in [3.63, 3.8) is 0 Å². The molecule has 0 saturated carbocycles. The molecule has 0 aliphatic carbocycles. The Bertz CT molecular complexity index is 314. The molecule has 4 N–H and O–H groups in total. The second-order valence-electron chi connectivity index (χ2n) is 3.67. The van der Waals surface area contributed by atoms with Crippen LogP contribution in [-0.4, -0.2) is 0 Å². The lowest BCUT2D eigenvalue weighted by atomic mass is 9.97. The van der Waals surface area contributed by atoms with Crippen LogP contribution in [0.3, 0.4) is 0 Å². The van der Waals surface area contributed by atoms with E-state index in [9.17, 15) is 0 Å². The zero-order valence-corrected chi connectivity index (χ0v) is 9.73. The zero-order valence-electron chi connectivity index (χ0n) is 8.22. The van der Waals surface area contributed by atoms with E-state index in [1.165, 1.54) is 0 Å². The number of anilines is 1. The molecule has 0 spiro atoms. The Kier molecular flexibility index (Phi) is 3.65. The van der Waals surface area contributed by atoms with Crippen molar-refractivity contribution in [2.45, 2.75) is 19.9 Å². The molecule has 1 aromatic rings. The van der Waals surface area contributed by atoms with Crippen LogP contribution < -0.4 is 11.5 Å². The maximum atomic E-state index is 5.97. The van der Waals surface area contributed by atoms with Crippen LogP contribution in [0.25, 0.3) is 0 Å². The van der Waals surface area contributed by atoms with Gasteiger partial charge in [0.05, 0.1) is 15.7 Å². The lowest BCUT2D eigenvalue weighted by molar-refractivity contribution is 0.514. The Morgan fingerprint density at radius 2 is 1.57 bits per heavy atom. The van der Waals surface area contributed by atoms with Gasteiger partial charge in [0.2, 0.25) is 0 Å². The number of hydrogen-bond acceptors (Lipinski definition) is 2. The van der Waals surface area contributed by atoms with Crippen LogP contribution in [-0.2, 0) is 0 Å². The number of benzene rings is 1. The summed E-state index contributed by atoms with van der Waals surface area (Å²) < 4.78 is 0. The smallest absolute Gasteiger partial charge is 0.0693 e. The Labute approximate surface area is 94.2 Å². The molecule has 78 valence electrons. The summed E-state index contributed by atoms with van der Waals surface area (Å²) in [7, 11) is 0. The lowest BCUT2D eigenvalue weighted by Crippen LogP contribution is -2.16. The minimum Gasteiger partial charge on any atom is -0.396 e. The Morgan fingerprint density at radius 1 is 1.14 bits per heavy atom. The molecule has 2 nitrogen and oxygen atoms in total. The molecule has 0 radical (unpaired) electrons. The molecule has 0 amide bonds. The topological polar surface area (TPSA) is 52.0 Å². The van der Waals surface area contributed by atoms with Gasteiger partial charge in [-0.3, -0.25) is 0 Å². The number of nitrogen functional groups attached to an aromatic ring is 1. The van der Waals surface area contributed by atoms with Crippen molar-refractivity contribution in [3.05, 3.63) is 27.7 Å². The Hall–Kier alpha value is -0.440. The van der Waals surface area contributed by atoms with Crippen molar-refractivity contribution in [2.24, 2.45) is 11.7 Å². The Morgan fingerprint density at radius 3 is 1.93 bits per heavy atom. The molecule has 14 heavy (non-hydrogen) atoms. The molecular formula is C10H14Cl2N2. The molecule has 1 rings (SSSR count). The highest BCUT2D eigenvalue weighted by Gasteiger charge is 2.13. The third-order valence-corrected chi connectivity index (χ3v) is 2.83. The third-order valence-electron chi connectivity index (χ3n) is 2.20. The predicted octanol–water partition coefficient (Wildman–Crippen LogP) is 3.23. The third kappa shape index (κ3) is 2.32. The summed E-state index contributed by atoms with van der Waals surface area (Å²) in [6.07, 6.45) is 0. The summed E-state index contributed by atoms with van der Waals surface area (Å²) in [5, 5.41) is 0.923. The van der Waals surface area contributed by atoms with Gasteiger partial charge in [0.1, 0.15) is 0 Å². The average molecular weight is 233 g/mol. The molecule has 0 saturated heterocycles. The fraction of sp³-hybridized carbons (Fsp3) is 0.400. The summed E-state index contributed by atoms with van der Waals surface area (Å²) in [4.78, 5) is 0. The zero-order chi connectivity index (χ0) is 10.9. The fourth-order valence-corrected chi connectivity index (χ4v) is 1.69. The van der Waals surface area contributed by atoms with Gasteiger partial charge in [-0.15, -0.1) is 0 Å².